The van der Waals surface area contributed by atoms with E-state index in [0.29, 0.717) is 29.8 Å². The summed E-state index contributed by atoms with van der Waals surface area (Å²) in [6, 6.07) is 3.77. The fourth-order valence-electron chi connectivity index (χ4n) is 2.35. The Hall–Kier alpha value is -1.76. The fourth-order valence-corrected chi connectivity index (χ4v) is 3.25. The SMILES string of the molecule is COc1ccc(CN=C(N)N2CCSCC2)c(OC)c1OC. The third kappa shape index (κ3) is 3.71. The highest BCUT2D eigenvalue weighted by Crippen LogP contribution is 2.39. The molecule has 0 amide bonds. The van der Waals surface area contributed by atoms with E-state index in [-0.39, 0.29) is 0 Å². The molecule has 0 unspecified atom stereocenters. The summed E-state index contributed by atoms with van der Waals surface area (Å²) in [4.78, 5) is 6.61. The van der Waals surface area contributed by atoms with Gasteiger partial charge in [0.25, 0.3) is 0 Å². The van der Waals surface area contributed by atoms with Crippen LogP contribution < -0.4 is 19.9 Å². The summed E-state index contributed by atoms with van der Waals surface area (Å²) < 4.78 is 16.1. The molecule has 2 N–H and O–H groups in total. The highest BCUT2D eigenvalue weighted by atomic mass is 32.2. The average molecular weight is 325 g/mol. The summed E-state index contributed by atoms with van der Waals surface area (Å²) >= 11 is 1.94. The molecule has 0 radical (unpaired) electrons. The highest BCUT2D eigenvalue weighted by Gasteiger charge is 2.16. The lowest BCUT2D eigenvalue weighted by molar-refractivity contribution is 0.322. The maximum atomic E-state index is 6.08. The molecule has 6 nitrogen and oxygen atoms in total. The van der Waals surface area contributed by atoms with Crippen molar-refractivity contribution in [1.82, 2.24) is 4.90 Å². The summed E-state index contributed by atoms with van der Waals surface area (Å²) in [7, 11) is 4.80. The second kappa shape index (κ2) is 8.03. The second-order valence-corrected chi connectivity index (χ2v) is 5.99. The zero-order chi connectivity index (χ0) is 15.9. The molecule has 7 heteroatoms. The van der Waals surface area contributed by atoms with E-state index in [1.807, 2.05) is 23.9 Å². The summed E-state index contributed by atoms with van der Waals surface area (Å²) in [6.45, 7) is 2.34. The van der Waals surface area contributed by atoms with Gasteiger partial charge >= 0.3 is 0 Å². The molecule has 1 aliphatic heterocycles. The van der Waals surface area contributed by atoms with E-state index in [9.17, 15) is 0 Å². The number of aliphatic imine (C=N–C) groups is 1. The van der Waals surface area contributed by atoms with Crippen LogP contribution in [0.25, 0.3) is 0 Å². The number of nitrogens with two attached hydrogens (primary N) is 1. The summed E-state index contributed by atoms with van der Waals surface area (Å²) in [6.07, 6.45) is 0. The molecular weight excluding hydrogens is 302 g/mol. The molecule has 1 aromatic carbocycles. The number of nitrogens with zero attached hydrogens (tertiary/aromatic N) is 2. The molecule has 0 bridgehead atoms. The average Bonchev–Trinajstić information content (AvgIpc) is 2.59. The van der Waals surface area contributed by atoms with Crippen molar-refractivity contribution in [2.45, 2.75) is 6.54 Å². The van der Waals surface area contributed by atoms with Crippen molar-refractivity contribution in [3.8, 4) is 17.2 Å². The largest absolute Gasteiger partial charge is 0.493 e. The molecule has 1 heterocycles. The molecule has 0 spiro atoms. The minimum absolute atomic E-state index is 0.443. The van der Waals surface area contributed by atoms with Gasteiger partial charge in [0.1, 0.15) is 0 Å². The van der Waals surface area contributed by atoms with Gasteiger partial charge in [-0.2, -0.15) is 11.8 Å². The van der Waals surface area contributed by atoms with Crippen molar-refractivity contribution in [2.24, 2.45) is 10.7 Å². The van der Waals surface area contributed by atoms with Gasteiger partial charge < -0.3 is 24.8 Å². The molecule has 0 aromatic heterocycles. The van der Waals surface area contributed by atoms with Crippen LogP contribution in [0.4, 0.5) is 0 Å². The van der Waals surface area contributed by atoms with E-state index in [0.717, 1.165) is 30.2 Å². The van der Waals surface area contributed by atoms with Crippen molar-refractivity contribution >= 4 is 17.7 Å². The van der Waals surface area contributed by atoms with Gasteiger partial charge in [0, 0.05) is 30.2 Å². The number of benzene rings is 1. The lowest BCUT2D eigenvalue weighted by atomic mass is 10.1. The van der Waals surface area contributed by atoms with Crippen LogP contribution in [-0.2, 0) is 6.54 Å². The van der Waals surface area contributed by atoms with Crippen molar-refractivity contribution in [3.63, 3.8) is 0 Å². The van der Waals surface area contributed by atoms with Gasteiger partial charge in [-0.15, -0.1) is 0 Å². The Kier molecular flexibility index (Phi) is 6.06. The van der Waals surface area contributed by atoms with Gasteiger partial charge in [-0.3, -0.25) is 0 Å². The zero-order valence-corrected chi connectivity index (χ0v) is 14.1. The fraction of sp³-hybridized carbons (Fsp3) is 0.533. The Morgan fingerprint density at radius 2 is 1.82 bits per heavy atom. The molecule has 0 aliphatic carbocycles. The molecule has 1 aliphatic rings. The smallest absolute Gasteiger partial charge is 0.203 e. The van der Waals surface area contributed by atoms with Crippen LogP contribution in [0.15, 0.2) is 17.1 Å². The van der Waals surface area contributed by atoms with Gasteiger partial charge in [0.2, 0.25) is 5.75 Å². The maximum absolute atomic E-state index is 6.08. The first-order chi connectivity index (χ1) is 10.7. The summed E-state index contributed by atoms with van der Waals surface area (Å²) in [5.41, 5.74) is 7.00. The summed E-state index contributed by atoms with van der Waals surface area (Å²) in [5, 5.41) is 0. The van der Waals surface area contributed by atoms with E-state index < -0.39 is 0 Å². The minimum atomic E-state index is 0.443. The quantitative estimate of drug-likeness (QED) is 0.655. The Labute approximate surface area is 135 Å². The molecule has 2 rings (SSSR count). The molecule has 22 heavy (non-hydrogen) atoms. The van der Waals surface area contributed by atoms with Crippen LogP contribution in [0.1, 0.15) is 5.56 Å². The number of thioether (sulfide) groups is 1. The number of hydrogen-bond donors (Lipinski definition) is 1. The Bertz CT molecular complexity index is 531. The summed E-state index contributed by atoms with van der Waals surface area (Å²) in [5.74, 6) is 4.61. The number of rotatable bonds is 5. The number of guanidine groups is 1. The molecular formula is C15H23N3O3S. The van der Waals surface area contributed by atoms with E-state index in [2.05, 4.69) is 9.89 Å². The third-order valence-corrected chi connectivity index (χ3v) is 4.47. The Morgan fingerprint density at radius 3 is 2.41 bits per heavy atom. The van der Waals surface area contributed by atoms with Crippen LogP contribution in [-0.4, -0.2) is 56.8 Å². The zero-order valence-electron chi connectivity index (χ0n) is 13.3. The van der Waals surface area contributed by atoms with Gasteiger partial charge in [-0.05, 0) is 12.1 Å². The van der Waals surface area contributed by atoms with Crippen molar-refractivity contribution in [1.29, 1.82) is 0 Å². The van der Waals surface area contributed by atoms with E-state index in [4.69, 9.17) is 19.9 Å². The standard InChI is InChI=1S/C15H23N3O3S/c1-19-12-5-4-11(13(20-2)14(12)21-3)10-17-15(16)18-6-8-22-9-7-18/h4-5H,6-10H2,1-3H3,(H2,16,17). The van der Waals surface area contributed by atoms with Crippen LogP contribution in [0.3, 0.4) is 0 Å². The minimum Gasteiger partial charge on any atom is -0.493 e. The van der Waals surface area contributed by atoms with E-state index in [1.165, 1.54) is 0 Å². The van der Waals surface area contributed by atoms with Gasteiger partial charge in [0.15, 0.2) is 17.5 Å². The number of hydrogen-bond acceptors (Lipinski definition) is 5. The molecule has 1 fully saturated rings. The lowest BCUT2D eigenvalue weighted by Gasteiger charge is -2.27. The van der Waals surface area contributed by atoms with Crippen LogP contribution in [0.5, 0.6) is 17.2 Å². The van der Waals surface area contributed by atoms with Crippen molar-refractivity contribution in [2.75, 3.05) is 45.9 Å². The first-order valence-electron chi connectivity index (χ1n) is 7.11. The molecule has 0 saturated carbocycles. The highest BCUT2D eigenvalue weighted by molar-refractivity contribution is 7.99. The lowest BCUT2D eigenvalue weighted by Crippen LogP contribution is -2.42. The van der Waals surface area contributed by atoms with E-state index in [1.54, 1.807) is 21.3 Å². The Morgan fingerprint density at radius 1 is 1.14 bits per heavy atom. The van der Waals surface area contributed by atoms with Gasteiger partial charge in [-0.1, -0.05) is 0 Å². The van der Waals surface area contributed by atoms with Gasteiger partial charge in [0.05, 0.1) is 27.9 Å². The second-order valence-electron chi connectivity index (χ2n) is 4.77. The maximum Gasteiger partial charge on any atom is 0.203 e. The number of methoxy groups -OCH3 is 3. The monoisotopic (exact) mass is 325 g/mol. The van der Waals surface area contributed by atoms with Crippen molar-refractivity contribution < 1.29 is 14.2 Å². The van der Waals surface area contributed by atoms with Crippen molar-refractivity contribution in [3.05, 3.63) is 17.7 Å². The van der Waals surface area contributed by atoms with Crippen LogP contribution in [0, 0.1) is 0 Å². The normalized spacial score (nSPS) is 15.6. The number of ether oxygens (including phenoxy) is 3. The van der Waals surface area contributed by atoms with E-state index >= 15 is 0 Å². The molecule has 0 atom stereocenters. The van der Waals surface area contributed by atoms with Gasteiger partial charge in [-0.25, -0.2) is 4.99 Å². The first kappa shape index (κ1) is 16.6. The third-order valence-electron chi connectivity index (χ3n) is 3.53. The topological polar surface area (TPSA) is 69.3 Å². The molecule has 1 aromatic rings. The Balaban J connectivity index is 2.18. The van der Waals surface area contributed by atoms with Crippen LogP contribution in [0.2, 0.25) is 0 Å². The molecule has 1 saturated heterocycles. The predicted molar refractivity (Wildman–Crippen MR) is 90.3 cm³/mol. The predicted octanol–water partition coefficient (Wildman–Crippen LogP) is 1.58. The molecule has 122 valence electrons. The van der Waals surface area contributed by atoms with Crippen LogP contribution >= 0.6 is 11.8 Å². The first-order valence-corrected chi connectivity index (χ1v) is 8.27.